The third-order valence-corrected chi connectivity index (χ3v) is 5.73. The fraction of sp³-hybridized carbons (Fsp3) is 0.579. The molecule has 1 aliphatic carbocycles. The Morgan fingerprint density at radius 2 is 1.84 bits per heavy atom. The molecule has 1 aromatic carbocycles. The van der Waals surface area contributed by atoms with Crippen molar-refractivity contribution >= 4 is 11.8 Å². The summed E-state index contributed by atoms with van der Waals surface area (Å²) in [6, 6.07) is 5.19. The number of hydrogen-bond donors (Lipinski definition) is 1. The summed E-state index contributed by atoms with van der Waals surface area (Å²) >= 11 is 0. The molecule has 1 saturated carbocycles. The molecule has 1 saturated heterocycles. The average Bonchev–Trinajstić information content (AvgIpc) is 3.27. The average molecular weight is 346 g/mol. The zero-order valence-electron chi connectivity index (χ0n) is 15.1. The molecule has 2 aliphatic rings. The van der Waals surface area contributed by atoms with Crippen LogP contribution in [0.25, 0.3) is 0 Å². The molecular formula is C19H26N2O4. The molecule has 3 rings (SSSR count). The molecule has 0 bridgehead atoms. The summed E-state index contributed by atoms with van der Waals surface area (Å²) in [7, 11) is 4.79. The zero-order chi connectivity index (χ0) is 18.0. The van der Waals surface area contributed by atoms with Gasteiger partial charge in [-0.3, -0.25) is 9.59 Å². The molecule has 2 amide bonds. The van der Waals surface area contributed by atoms with E-state index in [4.69, 9.17) is 9.47 Å². The molecule has 0 aromatic heterocycles. The molecular weight excluding hydrogens is 320 g/mol. The van der Waals surface area contributed by atoms with Crippen molar-refractivity contribution < 1.29 is 19.1 Å². The first-order valence-corrected chi connectivity index (χ1v) is 8.77. The van der Waals surface area contributed by atoms with Gasteiger partial charge in [-0.05, 0) is 31.0 Å². The first-order valence-electron chi connectivity index (χ1n) is 8.77. The highest BCUT2D eigenvalue weighted by atomic mass is 16.5. The predicted octanol–water partition coefficient (Wildman–Crippen LogP) is 2.08. The van der Waals surface area contributed by atoms with E-state index in [1.165, 1.54) is 0 Å². The van der Waals surface area contributed by atoms with E-state index in [9.17, 15) is 9.59 Å². The Hall–Kier alpha value is -2.24. The minimum atomic E-state index is -0.121. The smallest absolute Gasteiger partial charge is 0.254 e. The van der Waals surface area contributed by atoms with Crippen LogP contribution in [0.5, 0.6) is 11.5 Å². The summed E-state index contributed by atoms with van der Waals surface area (Å²) in [6.45, 7) is 1.13. The van der Waals surface area contributed by atoms with Crippen molar-refractivity contribution in [2.75, 3.05) is 34.4 Å². The normalized spacial score (nSPS) is 21.4. The van der Waals surface area contributed by atoms with Gasteiger partial charge in [0, 0.05) is 31.1 Å². The standard InChI is InChI=1S/C19H26N2O4/c1-20-17(22)14-11-21(12-19(14)8-4-5-9-19)18(23)13-6-7-15(24-2)16(10-13)25-3/h6-7,10,14H,4-5,8-9,11-12H2,1-3H3,(H,20,22). The molecule has 6 nitrogen and oxygen atoms in total. The van der Waals surface area contributed by atoms with Crippen molar-refractivity contribution in [2.45, 2.75) is 25.7 Å². The number of carbonyl (C=O) groups excluding carboxylic acids is 2. The molecule has 1 spiro atoms. The van der Waals surface area contributed by atoms with Crippen LogP contribution in [-0.2, 0) is 4.79 Å². The number of ether oxygens (including phenoxy) is 2. The van der Waals surface area contributed by atoms with Gasteiger partial charge < -0.3 is 19.7 Å². The summed E-state index contributed by atoms with van der Waals surface area (Å²) in [5.74, 6) is 0.995. The maximum atomic E-state index is 13.0. The summed E-state index contributed by atoms with van der Waals surface area (Å²) in [6.07, 6.45) is 4.29. The maximum absolute atomic E-state index is 13.0. The topological polar surface area (TPSA) is 67.9 Å². The Labute approximate surface area is 148 Å². The Morgan fingerprint density at radius 3 is 2.44 bits per heavy atom. The van der Waals surface area contributed by atoms with E-state index in [1.807, 2.05) is 4.90 Å². The second-order valence-corrected chi connectivity index (χ2v) is 6.99. The molecule has 1 unspecified atom stereocenters. The number of benzene rings is 1. The van der Waals surface area contributed by atoms with Gasteiger partial charge in [0.2, 0.25) is 5.91 Å². The minimum absolute atomic E-state index is 0.0458. The first kappa shape index (κ1) is 17.6. The van der Waals surface area contributed by atoms with Crippen molar-refractivity contribution in [3.05, 3.63) is 23.8 Å². The first-order chi connectivity index (χ1) is 12.0. The molecule has 1 atom stereocenters. The lowest BCUT2D eigenvalue weighted by molar-refractivity contribution is -0.127. The predicted molar refractivity (Wildman–Crippen MR) is 93.9 cm³/mol. The number of likely N-dealkylation sites (tertiary alicyclic amines) is 1. The number of nitrogens with one attached hydrogen (secondary N) is 1. The SMILES string of the molecule is CNC(=O)C1CN(C(=O)c2ccc(OC)c(OC)c2)CC12CCCC2. The monoisotopic (exact) mass is 346 g/mol. The van der Waals surface area contributed by atoms with Crippen LogP contribution in [0.3, 0.4) is 0 Å². The van der Waals surface area contributed by atoms with E-state index in [1.54, 1.807) is 39.5 Å². The van der Waals surface area contributed by atoms with Crippen molar-refractivity contribution in [3.8, 4) is 11.5 Å². The molecule has 1 aliphatic heterocycles. The highest BCUT2D eigenvalue weighted by molar-refractivity contribution is 5.96. The third-order valence-electron chi connectivity index (χ3n) is 5.73. The number of rotatable bonds is 4. The van der Waals surface area contributed by atoms with Gasteiger partial charge >= 0.3 is 0 Å². The van der Waals surface area contributed by atoms with Gasteiger partial charge in [0.05, 0.1) is 20.1 Å². The Morgan fingerprint density at radius 1 is 1.16 bits per heavy atom. The van der Waals surface area contributed by atoms with Crippen molar-refractivity contribution in [2.24, 2.45) is 11.3 Å². The van der Waals surface area contributed by atoms with Gasteiger partial charge in [-0.25, -0.2) is 0 Å². The van der Waals surface area contributed by atoms with E-state index >= 15 is 0 Å². The van der Waals surface area contributed by atoms with Gasteiger partial charge in [0.25, 0.3) is 5.91 Å². The number of carbonyl (C=O) groups is 2. The van der Waals surface area contributed by atoms with Crippen LogP contribution >= 0.6 is 0 Å². The Bertz CT molecular complexity index is 667. The fourth-order valence-corrected chi connectivity index (χ4v) is 4.40. The number of hydrogen-bond acceptors (Lipinski definition) is 4. The number of nitrogens with zero attached hydrogens (tertiary/aromatic N) is 1. The van der Waals surface area contributed by atoms with E-state index in [-0.39, 0.29) is 23.1 Å². The quantitative estimate of drug-likeness (QED) is 0.906. The molecule has 136 valence electrons. The van der Waals surface area contributed by atoms with Crippen LogP contribution in [-0.4, -0.2) is 51.1 Å². The highest BCUT2D eigenvalue weighted by Gasteiger charge is 2.52. The van der Waals surface area contributed by atoms with Crippen molar-refractivity contribution in [3.63, 3.8) is 0 Å². The summed E-state index contributed by atoms with van der Waals surface area (Å²) in [4.78, 5) is 27.2. The molecule has 25 heavy (non-hydrogen) atoms. The van der Waals surface area contributed by atoms with Crippen LogP contribution in [0.1, 0.15) is 36.0 Å². The Balaban J connectivity index is 1.84. The second kappa shape index (κ2) is 6.94. The molecule has 1 heterocycles. The molecule has 1 N–H and O–H groups in total. The third kappa shape index (κ3) is 3.05. The molecule has 6 heteroatoms. The van der Waals surface area contributed by atoms with Gasteiger partial charge in [-0.15, -0.1) is 0 Å². The van der Waals surface area contributed by atoms with Gasteiger partial charge in [-0.2, -0.15) is 0 Å². The van der Waals surface area contributed by atoms with Gasteiger partial charge in [0.15, 0.2) is 11.5 Å². The largest absolute Gasteiger partial charge is 0.493 e. The van der Waals surface area contributed by atoms with E-state index in [2.05, 4.69) is 5.32 Å². The minimum Gasteiger partial charge on any atom is -0.493 e. The second-order valence-electron chi connectivity index (χ2n) is 6.99. The van der Waals surface area contributed by atoms with Gasteiger partial charge in [-0.1, -0.05) is 12.8 Å². The lowest BCUT2D eigenvalue weighted by atomic mass is 9.76. The highest BCUT2D eigenvalue weighted by Crippen LogP contribution is 2.49. The molecule has 2 fully saturated rings. The van der Waals surface area contributed by atoms with Crippen molar-refractivity contribution in [1.29, 1.82) is 0 Å². The zero-order valence-corrected chi connectivity index (χ0v) is 15.1. The molecule has 0 radical (unpaired) electrons. The van der Waals surface area contributed by atoms with E-state index in [0.29, 0.717) is 30.2 Å². The molecule has 1 aromatic rings. The van der Waals surface area contributed by atoms with Crippen LogP contribution in [0, 0.1) is 11.3 Å². The van der Waals surface area contributed by atoms with Gasteiger partial charge in [0.1, 0.15) is 0 Å². The van der Waals surface area contributed by atoms with Crippen LogP contribution in [0.2, 0.25) is 0 Å². The van der Waals surface area contributed by atoms with E-state index < -0.39 is 0 Å². The fourth-order valence-electron chi connectivity index (χ4n) is 4.40. The lowest BCUT2D eigenvalue weighted by Crippen LogP contribution is -2.38. The van der Waals surface area contributed by atoms with Crippen LogP contribution < -0.4 is 14.8 Å². The Kier molecular flexibility index (Phi) is 4.88. The van der Waals surface area contributed by atoms with Crippen LogP contribution in [0.4, 0.5) is 0 Å². The maximum Gasteiger partial charge on any atom is 0.254 e. The number of methoxy groups -OCH3 is 2. The summed E-state index contributed by atoms with van der Waals surface area (Å²) < 4.78 is 10.5. The van der Waals surface area contributed by atoms with Crippen molar-refractivity contribution in [1.82, 2.24) is 10.2 Å². The van der Waals surface area contributed by atoms with E-state index in [0.717, 1.165) is 25.7 Å². The summed E-state index contributed by atoms with van der Waals surface area (Å²) in [5.41, 5.74) is 0.495. The van der Waals surface area contributed by atoms with Crippen LogP contribution in [0.15, 0.2) is 18.2 Å². The lowest BCUT2D eigenvalue weighted by Gasteiger charge is -2.28. The summed E-state index contributed by atoms with van der Waals surface area (Å²) in [5, 5.41) is 2.78. The number of amides is 2.